The van der Waals surface area contributed by atoms with E-state index in [2.05, 4.69) is 0 Å². The Bertz CT molecular complexity index is 385. The fourth-order valence-corrected chi connectivity index (χ4v) is 1.40. The summed E-state index contributed by atoms with van der Waals surface area (Å²) in [5.74, 6) is 0. The molecule has 0 saturated carbocycles. The van der Waals surface area contributed by atoms with E-state index in [0.29, 0.717) is 12.2 Å². The van der Waals surface area contributed by atoms with Gasteiger partial charge in [-0.05, 0) is 12.5 Å². The predicted octanol–water partition coefficient (Wildman–Crippen LogP) is 2.77. The van der Waals surface area contributed by atoms with Crippen molar-refractivity contribution in [3.63, 3.8) is 0 Å². The van der Waals surface area contributed by atoms with Gasteiger partial charge in [0.2, 0.25) is 0 Å². The summed E-state index contributed by atoms with van der Waals surface area (Å²) in [5, 5.41) is 10.8. The van der Waals surface area contributed by atoms with E-state index >= 15 is 0 Å². The average Bonchev–Trinajstić information content (AvgIpc) is 2.21. The standard InChI is InChI=1S/C11H13NO3/c1-3-5-10-9(8-15-2)6-4-7-11(10)12(13)14/h3-7H,8H2,1-2H3. The highest BCUT2D eigenvalue weighted by Crippen LogP contribution is 2.24. The lowest BCUT2D eigenvalue weighted by Crippen LogP contribution is -1.97. The van der Waals surface area contributed by atoms with Crippen LogP contribution in [0.25, 0.3) is 6.08 Å². The quantitative estimate of drug-likeness (QED) is 0.563. The summed E-state index contributed by atoms with van der Waals surface area (Å²) in [4.78, 5) is 10.4. The van der Waals surface area contributed by atoms with Gasteiger partial charge in [0.15, 0.2) is 0 Å². The Hall–Kier alpha value is -1.68. The molecule has 1 rings (SSSR count). The van der Waals surface area contributed by atoms with Crippen molar-refractivity contribution in [3.05, 3.63) is 45.5 Å². The first-order chi connectivity index (χ1) is 7.20. The molecule has 0 N–H and O–H groups in total. The number of hydrogen-bond donors (Lipinski definition) is 0. The molecule has 0 aliphatic heterocycles. The van der Waals surface area contributed by atoms with Crippen LogP contribution in [0.4, 0.5) is 5.69 Å². The lowest BCUT2D eigenvalue weighted by Gasteiger charge is -2.05. The minimum atomic E-state index is -0.380. The maximum atomic E-state index is 10.8. The molecule has 0 saturated heterocycles. The molecule has 0 bridgehead atoms. The highest BCUT2D eigenvalue weighted by Gasteiger charge is 2.14. The van der Waals surface area contributed by atoms with Gasteiger partial charge in [0.05, 0.1) is 17.1 Å². The molecule has 0 amide bonds. The number of allylic oxidation sites excluding steroid dienone is 1. The third kappa shape index (κ3) is 2.63. The van der Waals surface area contributed by atoms with Crippen molar-refractivity contribution in [3.8, 4) is 0 Å². The highest BCUT2D eigenvalue weighted by molar-refractivity contribution is 5.64. The van der Waals surface area contributed by atoms with Crippen LogP contribution in [-0.2, 0) is 11.3 Å². The molecule has 4 heteroatoms. The summed E-state index contributed by atoms with van der Waals surface area (Å²) in [6.45, 7) is 2.20. The molecule has 0 aliphatic carbocycles. The smallest absolute Gasteiger partial charge is 0.276 e. The minimum absolute atomic E-state index is 0.114. The van der Waals surface area contributed by atoms with E-state index in [1.807, 2.05) is 13.0 Å². The molecule has 4 nitrogen and oxygen atoms in total. The van der Waals surface area contributed by atoms with Crippen LogP contribution in [0.2, 0.25) is 0 Å². The molecular weight excluding hydrogens is 194 g/mol. The lowest BCUT2D eigenvalue weighted by molar-refractivity contribution is -0.385. The van der Waals surface area contributed by atoms with Gasteiger partial charge in [-0.3, -0.25) is 10.1 Å². The summed E-state index contributed by atoms with van der Waals surface area (Å²) < 4.78 is 4.99. The number of ether oxygens (including phenoxy) is 1. The van der Waals surface area contributed by atoms with Gasteiger partial charge < -0.3 is 4.74 Å². The molecule has 0 radical (unpaired) electrons. The van der Waals surface area contributed by atoms with E-state index in [1.54, 1.807) is 25.3 Å². The molecule has 0 spiro atoms. The Labute approximate surface area is 88.3 Å². The summed E-state index contributed by atoms with van der Waals surface area (Å²) in [6.07, 6.45) is 3.51. The van der Waals surface area contributed by atoms with Crippen LogP contribution in [0.1, 0.15) is 18.1 Å². The van der Waals surface area contributed by atoms with Crippen LogP contribution in [0.5, 0.6) is 0 Å². The van der Waals surface area contributed by atoms with E-state index < -0.39 is 0 Å². The lowest BCUT2D eigenvalue weighted by atomic mass is 10.1. The molecule has 0 unspecified atom stereocenters. The van der Waals surface area contributed by atoms with Crippen molar-refractivity contribution in [1.82, 2.24) is 0 Å². The van der Waals surface area contributed by atoms with Crippen molar-refractivity contribution < 1.29 is 9.66 Å². The van der Waals surface area contributed by atoms with Crippen LogP contribution in [0.15, 0.2) is 24.3 Å². The van der Waals surface area contributed by atoms with Crippen LogP contribution in [0.3, 0.4) is 0 Å². The van der Waals surface area contributed by atoms with Crippen LogP contribution in [-0.4, -0.2) is 12.0 Å². The maximum Gasteiger partial charge on any atom is 0.276 e. The first-order valence-corrected chi connectivity index (χ1v) is 4.58. The number of methoxy groups -OCH3 is 1. The van der Waals surface area contributed by atoms with E-state index in [-0.39, 0.29) is 10.6 Å². The first kappa shape index (κ1) is 11.4. The molecule has 1 aromatic rings. The third-order valence-corrected chi connectivity index (χ3v) is 2.00. The van der Waals surface area contributed by atoms with Gasteiger partial charge >= 0.3 is 0 Å². The number of hydrogen-bond acceptors (Lipinski definition) is 3. The topological polar surface area (TPSA) is 52.4 Å². The normalized spacial score (nSPS) is 10.8. The molecule has 0 heterocycles. The molecule has 80 valence electrons. The predicted molar refractivity (Wildman–Crippen MR) is 58.5 cm³/mol. The SMILES string of the molecule is CC=Cc1c(COC)cccc1[N+](=O)[O-]. The molecule has 15 heavy (non-hydrogen) atoms. The van der Waals surface area contributed by atoms with Crippen molar-refractivity contribution in [2.45, 2.75) is 13.5 Å². The van der Waals surface area contributed by atoms with E-state index in [0.717, 1.165) is 5.56 Å². The summed E-state index contributed by atoms with van der Waals surface area (Å²) >= 11 is 0. The highest BCUT2D eigenvalue weighted by atomic mass is 16.6. The Kier molecular flexibility index (Phi) is 4.00. The zero-order valence-corrected chi connectivity index (χ0v) is 8.77. The maximum absolute atomic E-state index is 10.8. The third-order valence-electron chi connectivity index (χ3n) is 2.00. The van der Waals surface area contributed by atoms with E-state index in [4.69, 9.17) is 4.74 Å². The number of nitro benzene ring substituents is 1. The second kappa shape index (κ2) is 5.26. The van der Waals surface area contributed by atoms with Gasteiger partial charge in [0.25, 0.3) is 5.69 Å². The van der Waals surface area contributed by atoms with Crippen LogP contribution >= 0.6 is 0 Å². The molecule has 0 aliphatic rings. The molecule has 1 aromatic carbocycles. The van der Waals surface area contributed by atoms with E-state index in [9.17, 15) is 10.1 Å². The molecule has 0 atom stereocenters. The van der Waals surface area contributed by atoms with Crippen molar-refractivity contribution >= 4 is 11.8 Å². The fourth-order valence-electron chi connectivity index (χ4n) is 1.40. The Morgan fingerprint density at radius 3 is 2.80 bits per heavy atom. The fraction of sp³-hybridized carbons (Fsp3) is 0.273. The first-order valence-electron chi connectivity index (χ1n) is 4.58. The second-order valence-electron chi connectivity index (χ2n) is 3.04. The van der Waals surface area contributed by atoms with Gasteiger partial charge in [0.1, 0.15) is 0 Å². The van der Waals surface area contributed by atoms with Crippen molar-refractivity contribution in [2.24, 2.45) is 0 Å². The van der Waals surface area contributed by atoms with Gasteiger partial charge in [-0.1, -0.05) is 24.3 Å². The number of benzene rings is 1. The summed E-state index contributed by atoms with van der Waals surface area (Å²) in [7, 11) is 1.57. The van der Waals surface area contributed by atoms with Crippen molar-refractivity contribution in [1.29, 1.82) is 0 Å². The Balaban J connectivity index is 3.27. The van der Waals surface area contributed by atoms with Gasteiger partial charge in [-0.25, -0.2) is 0 Å². The molecular formula is C11H13NO3. The van der Waals surface area contributed by atoms with Crippen molar-refractivity contribution in [2.75, 3.05) is 7.11 Å². The monoisotopic (exact) mass is 207 g/mol. The molecule has 0 fully saturated rings. The van der Waals surface area contributed by atoms with Gasteiger partial charge in [-0.15, -0.1) is 0 Å². The average molecular weight is 207 g/mol. The van der Waals surface area contributed by atoms with Crippen LogP contribution in [0, 0.1) is 10.1 Å². The number of nitro groups is 1. The number of nitrogens with zero attached hydrogens (tertiary/aromatic N) is 1. The van der Waals surface area contributed by atoms with E-state index in [1.165, 1.54) is 6.07 Å². The van der Waals surface area contributed by atoms with Gasteiger partial charge in [0, 0.05) is 13.2 Å². The second-order valence-corrected chi connectivity index (χ2v) is 3.04. The minimum Gasteiger partial charge on any atom is -0.380 e. The number of rotatable bonds is 4. The molecule has 0 aromatic heterocycles. The Morgan fingerprint density at radius 2 is 2.27 bits per heavy atom. The van der Waals surface area contributed by atoms with Crippen LogP contribution < -0.4 is 0 Å². The summed E-state index contributed by atoms with van der Waals surface area (Å²) in [5.41, 5.74) is 1.55. The Morgan fingerprint density at radius 1 is 1.53 bits per heavy atom. The largest absolute Gasteiger partial charge is 0.380 e. The summed E-state index contributed by atoms with van der Waals surface area (Å²) in [6, 6.07) is 4.99. The van der Waals surface area contributed by atoms with Gasteiger partial charge in [-0.2, -0.15) is 0 Å². The zero-order valence-electron chi connectivity index (χ0n) is 8.77. The zero-order chi connectivity index (χ0) is 11.3.